The van der Waals surface area contributed by atoms with Crippen LogP contribution in [-0.4, -0.2) is 12.6 Å². The molecule has 4 rings (SSSR count). The van der Waals surface area contributed by atoms with Gasteiger partial charge >= 0.3 is 6.03 Å². The van der Waals surface area contributed by atoms with Crippen molar-refractivity contribution in [1.82, 2.24) is 0 Å². The smallest absolute Gasteiger partial charge is 0.308 e. The van der Waals surface area contributed by atoms with Gasteiger partial charge in [-0.25, -0.2) is 4.79 Å². The Kier molecular flexibility index (Phi) is 5.56. The first kappa shape index (κ1) is 18.9. The highest BCUT2D eigenvalue weighted by Crippen LogP contribution is 2.40. The molecule has 1 N–H and O–H groups in total. The fourth-order valence-corrected chi connectivity index (χ4v) is 4.03. The van der Waals surface area contributed by atoms with Crippen LogP contribution in [-0.2, 0) is 0 Å². The van der Waals surface area contributed by atoms with E-state index in [0.717, 1.165) is 34.8 Å². The Hall–Kier alpha value is -2.49. The molecule has 1 unspecified atom stereocenters. The number of hydrogen-bond acceptors (Lipinski definition) is 1. The molecule has 0 aromatic heterocycles. The fourth-order valence-electron chi connectivity index (χ4n) is 3.74. The standard InChI is InChI=1S/C23H20Cl2N2O/c24-17-10-8-16(9-11-17)20-7-4-14-27(22-15-18(25)12-13-21(20)22)23(28)26-19-5-2-1-3-6-19/h1-3,5-6,8-13,15,20H,4,7,14H2,(H,26,28). The Bertz CT molecular complexity index is 974. The van der Waals surface area contributed by atoms with E-state index in [4.69, 9.17) is 23.2 Å². The third-order valence-corrected chi connectivity index (χ3v) is 5.56. The molecule has 1 heterocycles. The maximum Gasteiger partial charge on any atom is 0.326 e. The van der Waals surface area contributed by atoms with E-state index in [1.54, 1.807) is 4.90 Å². The van der Waals surface area contributed by atoms with Crippen LogP contribution in [0.1, 0.15) is 29.9 Å². The largest absolute Gasteiger partial charge is 0.326 e. The number of benzene rings is 3. The molecule has 0 aliphatic carbocycles. The molecule has 0 spiro atoms. The SMILES string of the molecule is O=C(Nc1ccccc1)N1CCCC(c2ccc(Cl)cc2)c2ccc(Cl)cc21. The Morgan fingerprint density at radius 2 is 1.64 bits per heavy atom. The summed E-state index contributed by atoms with van der Waals surface area (Å²) in [5.74, 6) is 0.194. The predicted octanol–water partition coefficient (Wildman–Crippen LogP) is 6.96. The van der Waals surface area contributed by atoms with Gasteiger partial charge < -0.3 is 5.32 Å². The lowest BCUT2D eigenvalue weighted by atomic mass is 9.87. The Morgan fingerprint density at radius 3 is 2.39 bits per heavy atom. The van der Waals surface area contributed by atoms with Crippen molar-refractivity contribution in [3.63, 3.8) is 0 Å². The third-order valence-electron chi connectivity index (χ3n) is 5.08. The van der Waals surface area contributed by atoms with Gasteiger partial charge in [0.2, 0.25) is 0 Å². The van der Waals surface area contributed by atoms with E-state index in [0.29, 0.717) is 11.6 Å². The molecule has 0 saturated heterocycles. The third kappa shape index (κ3) is 4.01. The summed E-state index contributed by atoms with van der Waals surface area (Å²) in [4.78, 5) is 14.8. The lowest BCUT2D eigenvalue weighted by Crippen LogP contribution is -2.35. The van der Waals surface area contributed by atoms with Gasteiger partial charge in [-0.1, -0.05) is 59.6 Å². The number of halogens is 2. The number of anilines is 2. The van der Waals surface area contributed by atoms with Gasteiger partial charge in [0.25, 0.3) is 0 Å². The zero-order valence-corrected chi connectivity index (χ0v) is 16.8. The molecule has 2 amide bonds. The minimum atomic E-state index is -0.147. The molecule has 5 heteroatoms. The summed E-state index contributed by atoms with van der Waals surface area (Å²) in [5, 5.41) is 4.33. The normalized spacial score (nSPS) is 16.2. The van der Waals surface area contributed by atoms with Crippen molar-refractivity contribution in [3.05, 3.63) is 94.0 Å². The van der Waals surface area contributed by atoms with E-state index in [2.05, 4.69) is 17.4 Å². The van der Waals surface area contributed by atoms with E-state index < -0.39 is 0 Å². The highest BCUT2D eigenvalue weighted by Gasteiger charge is 2.27. The first-order chi connectivity index (χ1) is 13.6. The summed E-state index contributed by atoms with van der Waals surface area (Å²) in [6.45, 7) is 0.635. The molecule has 0 radical (unpaired) electrons. The number of para-hydroxylation sites is 1. The van der Waals surface area contributed by atoms with Crippen LogP contribution in [0.25, 0.3) is 0 Å². The van der Waals surface area contributed by atoms with Crippen LogP contribution >= 0.6 is 23.2 Å². The lowest BCUT2D eigenvalue weighted by molar-refractivity contribution is 0.257. The van der Waals surface area contributed by atoms with Crippen molar-refractivity contribution in [1.29, 1.82) is 0 Å². The van der Waals surface area contributed by atoms with Crippen molar-refractivity contribution >= 4 is 40.6 Å². The van der Waals surface area contributed by atoms with E-state index >= 15 is 0 Å². The summed E-state index contributed by atoms with van der Waals surface area (Å²) >= 11 is 12.4. The zero-order valence-electron chi connectivity index (χ0n) is 15.2. The van der Waals surface area contributed by atoms with Crippen LogP contribution in [0.15, 0.2) is 72.8 Å². The van der Waals surface area contributed by atoms with Crippen molar-refractivity contribution in [2.24, 2.45) is 0 Å². The van der Waals surface area contributed by atoms with Crippen molar-refractivity contribution in [3.8, 4) is 0 Å². The van der Waals surface area contributed by atoms with Crippen LogP contribution in [0.3, 0.4) is 0 Å². The maximum atomic E-state index is 13.0. The van der Waals surface area contributed by atoms with Gasteiger partial charge in [0.05, 0.1) is 5.69 Å². The second kappa shape index (κ2) is 8.26. The molecule has 0 fully saturated rings. The molecule has 1 atom stereocenters. The Morgan fingerprint density at radius 1 is 0.929 bits per heavy atom. The number of amides is 2. The lowest BCUT2D eigenvalue weighted by Gasteiger charge is -2.25. The molecular formula is C23H20Cl2N2O. The number of nitrogens with one attached hydrogen (secondary N) is 1. The van der Waals surface area contributed by atoms with E-state index in [1.807, 2.05) is 60.7 Å². The summed E-state index contributed by atoms with van der Waals surface area (Å²) < 4.78 is 0. The zero-order chi connectivity index (χ0) is 19.5. The number of carbonyl (C=O) groups is 1. The van der Waals surface area contributed by atoms with Gasteiger partial charge in [0, 0.05) is 28.2 Å². The van der Waals surface area contributed by atoms with Gasteiger partial charge in [-0.2, -0.15) is 0 Å². The average Bonchev–Trinajstić information content (AvgIpc) is 2.89. The first-order valence-electron chi connectivity index (χ1n) is 9.30. The number of urea groups is 1. The van der Waals surface area contributed by atoms with Gasteiger partial charge in [-0.05, 0) is 60.4 Å². The molecule has 3 aromatic carbocycles. The monoisotopic (exact) mass is 410 g/mol. The topological polar surface area (TPSA) is 32.3 Å². The number of hydrogen-bond donors (Lipinski definition) is 1. The highest BCUT2D eigenvalue weighted by molar-refractivity contribution is 6.31. The molecule has 0 bridgehead atoms. The second-order valence-corrected chi connectivity index (χ2v) is 7.77. The molecular weight excluding hydrogens is 391 g/mol. The summed E-state index contributed by atoms with van der Waals surface area (Å²) in [5.41, 5.74) is 3.93. The number of carbonyl (C=O) groups excluding carboxylic acids is 1. The van der Waals surface area contributed by atoms with Crippen molar-refractivity contribution in [2.45, 2.75) is 18.8 Å². The van der Waals surface area contributed by atoms with Gasteiger partial charge in [0.15, 0.2) is 0 Å². The van der Waals surface area contributed by atoms with Gasteiger partial charge in [-0.15, -0.1) is 0 Å². The quantitative estimate of drug-likeness (QED) is 0.486. The molecule has 3 aromatic rings. The average molecular weight is 411 g/mol. The van der Waals surface area contributed by atoms with E-state index in [1.165, 1.54) is 5.56 Å². The number of fused-ring (bicyclic) bond motifs is 1. The molecule has 1 aliphatic rings. The van der Waals surface area contributed by atoms with Crippen LogP contribution in [0.5, 0.6) is 0 Å². The summed E-state index contributed by atoms with van der Waals surface area (Å²) in [6, 6.07) is 23.1. The highest BCUT2D eigenvalue weighted by atomic mass is 35.5. The molecule has 142 valence electrons. The maximum absolute atomic E-state index is 13.0. The van der Waals surface area contributed by atoms with Crippen molar-refractivity contribution < 1.29 is 4.79 Å². The number of rotatable bonds is 2. The van der Waals surface area contributed by atoms with Gasteiger partial charge in [0.1, 0.15) is 0 Å². The van der Waals surface area contributed by atoms with Crippen molar-refractivity contribution in [2.75, 3.05) is 16.8 Å². The molecule has 1 aliphatic heterocycles. The Labute approximate surface area is 174 Å². The minimum Gasteiger partial charge on any atom is -0.308 e. The van der Waals surface area contributed by atoms with Gasteiger partial charge in [-0.3, -0.25) is 4.90 Å². The molecule has 0 saturated carbocycles. The van der Waals surface area contributed by atoms with Crippen LogP contribution < -0.4 is 10.2 Å². The predicted molar refractivity (Wildman–Crippen MR) is 117 cm³/mol. The van der Waals surface area contributed by atoms with E-state index in [9.17, 15) is 4.79 Å². The van der Waals surface area contributed by atoms with Crippen LogP contribution in [0.2, 0.25) is 10.0 Å². The van der Waals surface area contributed by atoms with Crippen LogP contribution in [0, 0.1) is 0 Å². The number of nitrogens with zero attached hydrogens (tertiary/aromatic N) is 1. The summed E-state index contributed by atoms with van der Waals surface area (Å²) in [7, 11) is 0. The Balaban J connectivity index is 1.70. The first-order valence-corrected chi connectivity index (χ1v) is 10.1. The van der Waals surface area contributed by atoms with E-state index in [-0.39, 0.29) is 11.9 Å². The fraction of sp³-hybridized carbons (Fsp3) is 0.174. The molecule has 3 nitrogen and oxygen atoms in total. The van der Waals surface area contributed by atoms with Crippen LogP contribution in [0.4, 0.5) is 16.2 Å². The molecule has 28 heavy (non-hydrogen) atoms. The minimum absolute atomic E-state index is 0.147. The second-order valence-electron chi connectivity index (χ2n) is 6.90. The summed E-state index contributed by atoms with van der Waals surface area (Å²) in [6.07, 6.45) is 1.84.